The first kappa shape index (κ1) is 20.4. The number of rotatable bonds is 3. The molecule has 4 nitrogen and oxygen atoms in total. The van der Waals surface area contributed by atoms with E-state index in [-0.39, 0.29) is 29.8 Å². The lowest BCUT2D eigenvalue weighted by atomic mass is 9.91. The summed E-state index contributed by atoms with van der Waals surface area (Å²) in [6, 6.07) is 22.1. The van der Waals surface area contributed by atoms with Gasteiger partial charge in [-0.1, -0.05) is 30.3 Å². The smallest absolute Gasteiger partial charge is 0.254 e. The Balaban J connectivity index is 1.57. The molecule has 3 aromatic rings. The van der Waals surface area contributed by atoms with Crippen molar-refractivity contribution in [2.45, 2.75) is 43.8 Å². The van der Waals surface area contributed by atoms with Crippen molar-refractivity contribution in [3.63, 3.8) is 0 Å². The van der Waals surface area contributed by atoms with Gasteiger partial charge in [-0.3, -0.25) is 4.79 Å². The summed E-state index contributed by atoms with van der Waals surface area (Å²) in [4.78, 5) is 15.6. The van der Waals surface area contributed by atoms with Gasteiger partial charge in [-0.05, 0) is 84.3 Å². The highest BCUT2D eigenvalue weighted by atomic mass is 19.1. The van der Waals surface area contributed by atoms with E-state index in [0.29, 0.717) is 11.1 Å². The first-order valence-electron chi connectivity index (χ1n) is 11.0. The lowest BCUT2D eigenvalue weighted by Gasteiger charge is -2.38. The molecule has 2 fully saturated rings. The average Bonchev–Trinajstić information content (AvgIpc) is 3.09. The van der Waals surface area contributed by atoms with Crippen molar-refractivity contribution >= 4 is 5.91 Å². The lowest BCUT2D eigenvalue weighted by Crippen LogP contribution is -2.50. The predicted octanol–water partition coefficient (Wildman–Crippen LogP) is 5.13. The van der Waals surface area contributed by atoms with Gasteiger partial charge in [-0.25, -0.2) is 4.39 Å². The molecule has 3 aromatic carbocycles. The second kappa shape index (κ2) is 8.22. The molecule has 0 aliphatic carbocycles. The van der Waals surface area contributed by atoms with Gasteiger partial charge >= 0.3 is 0 Å². The van der Waals surface area contributed by atoms with Gasteiger partial charge in [-0.2, -0.15) is 5.26 Å². The van der Waals surface area contributed by atoms with Crippen LogP contribution in [0.3, 0.4) is 0 Å². The Kier molecular flexibility index (Phi) is 5.24. The number of nitriles is 1. The fourth-order valence-corrected chi connectivity index (χ4v) is 5.22. The van der Waals surface area contributed by atoms with Gasteiger partial charge in [-0.15, -0.1) is 0 Å². The second-order valence-corrected chi connectivity index (χ2v) is 8.79. The number of benzene rings is 3. The molecular formula is C27H24FN3O. The van der Waals surface area contributed by atoms with Crippen LogP contribution in [0.2, 0.25) is 0 Å². The van der Waals surface area contributed by atoms with E-state index in [2.05, 4.69) is 6.07 Å². The number of halogens is 1. The van der Waals surface area contributed by atoms with Gasteiger partial charge in [0.15, 0.2) is 0 Å². The van der Waals surface area contributed by atoms with Gasteiger partial charge in [0.05, 0.1) is 11.6 Å². The summed E-state index contributed by atoms with van der Waals surface area (Å²) < 4.78 is 13.5. The zero-order chi connectivity index (χ0) is 22.2. The molecule has 2 saturated heterocycles. The van der Waals surface area contributed by atoms with Crippen LogP contribution in [-0.4, -0.2) is 28.9 Å². The van der Waals surface area contributed by atoms with E-state index in [1.807, 2.05) is 35.2 Å². The molecule has 2 aliphatic heterocycles. The molecule has 2 bridgehead atoms. The lowest BCUT2D eigenvalue weighted by molar-refractivity contribution is 0.0575. The monoisotopic (exact) mass is 425 g/mol. The van der Waals surface area contributed by atoms with Crippen LogP contribution in [0, 0.1) is 17.1 Å². The van der Waals surface area contributed by atoms with Gasteiger partial charge < -0.3 is 10.6 Å². The molecule has 2 atom stereocenters. The topological polar surface area (TPSA) is 70.1 Å². The molecule has 0 saturated carbocycles. The molecule has 0 spiro atoms. The third-order valence-corrected chi connectivity index (χ3v) is 6.75. The number of carbonyl (C=O) groups is 1. The van der Waals surface area contributed by atoms with E-state index < -0.39 is 0 Å². The van der Waals surface area contributed by atoms with Crippen LogP contribution >= 0.6 is 0 Å². The molecule has 5 heteroatoms. The highest BCUT2D eigenvalue weighted by molar-refractivity contribution is 5.98. The fraction of sp³-hybridized carbons (Fsp3) is 0.259. The van der Waals surface area contributed by atoms with Gasteiger partial charge in [0, 0.05) is 23.7 Å². The highest BCUT2D eigenvalue weighted by Gasteiger charge is 2.42. The number of hydrogen-bond donors (Lipinski definition) is 1. The summed E-state index contributed by atoms with van der Waals surface area (Å²) in [6.07, 6.45) is 3.75. The van der Waals surface area contributed by atoms with Crippen molar-refractivity contribution < 1.29 is 9.18 Å². The summed E-state index contributed by atoms with van der Waals surface area (Å²) >= 11 is 0. The predicted molar refractivity (Wildman–Crippen MR) is 122 cm³/mol. The Morgan fingerprint density at radius 1 is 0.906 bits per heavy atom. The van der Waals surface area contributed by atoms with Crippen molar-refractivity contribution in [3.8, 4) is 28.3 Å². The maximum atomic E-state index is 13.5. The van der Waals surface area contributed by atoms with Crippen molar-refractivity contribution in [2.75, 3.05) is 0 Å². The van der Waals surface area contributed by atoms with Crippen molar-refractivity contribution in [1.82, 2.24) is 4.90 Å². The molecule has 2 heterocycles. The molecule has 0 aromatic heterocycles. The Labute approximate surface area is 187 Å². The van der Waals surface area contributed by atoms with Gasteiger partial charge in [0.1, 0.15) is 5.82 Å². The van der Waals surface area contributed by atoms with Crippen molar-refractivity contribution in [2.24, 2.45) is 5.73 Å². The summed E-state index contributed by atoms with van der Waals surface area (Å²) in [7, 11) is 0. The number of amides is 1. The number of hydrogen-bond acceptors (Lipinski definition) is 3. The number of nitrogens with two attached hydrogens (primary N) is 1. The normalized spacial score (nSPS) is 21.9. The van der Waals surface area contributed by atoms with E-state index in [4.69, 9.17) is 11.0 Å². The van der Waals surface area contributed by atoms with E-state index >= 15 is 0 Å². The third kappa shape index (κ3) is 3.68. The van der Waals surface area contributed by atoms with Crippen LogP contribution in [0.1, 0.15) is 41.6 Å². The number of nitrogens with zero attached hydrogens (tertiary/aromatic N) is 2. The third-order valence-electron chi connectivity index (χ3n) is 6.75. The quantitative estimate of drug-likeness (QED) is 0.633. The van der Waals surface area contributed by atoms with Crippen LogP contribution in [0.5, 0.6) is 0 Å². The summed E-state index contributed by atoms with van der Waals surface area (Å²) in [5.41, 5.74) is 11.0. The minimum Gasteiger partial charge on any atom is -0.333 e. The minimum absolute atomic E-state index is 0.0463. The van der Waals surface area contributed by atoms with Crippen LogP contribution < -0.4 is 5.73 Å². The zero-order valence-corrected chi connectivity index (χ0v) is 17.7. The molecule has 2 N–H and O–H groups in total. The Morgan fingerprint density at radius 2 is 1.50 bits per heavy atom. The van der Waals surface area contributed by atoms with E-state index in [0.717, 1.165) is 47.9 Å². The van der Waals surface area contributed by atoms with Crippen molar-refractivity contribution in [1.29, 1.82) is 5.26 Å². The molecule has 1 amide bonds. The van der Waals surface area contributed by atoms with Crippen LogP contribution in [0.15, 0.2) is 66.7 Å². The summed E-state index contributed by atoms with van der Waals surface area (Å²) in [6.45, 7) is 0. The summed E-state index contributed by atoms with van der Waals surface area (Å²) in [5, 5.41) is 9.15. The number of carbonyl (C=O) groups excluding carboxylic acids is 1. The zero-order valence-electron chi connectivity index (χ0n) is 17.7. The average molecular weight is 426 g/mol. The van der Waals surface area contributed by atoms with E-state index in [1.54, 1.807) is 24.3 Å². The first-order valence-corrected chi connectivity index (χ1v) is 11.0. The standard InChI is InChI=1S/C27H24FN3O/c28-21-8-5-18(6-9-21)25-12-7-20(13-26(25)19-3-1-17(16-29)2-4-19)27(32)31-23-10-11-24(31)15-22(30)14-23/h1-9,12-13,22-24H,10-11,14-15,30H2. The Bertz CT molecular complexity index is 1180. The molecule has 5 rings (SSSR count). The molecule has 32 heavy (non-hydrogen) atoms. The van der Waals surface area contributed by atoms with Crippen LogP contribution in [0.4, 0.5) is 4.39 Å². The maximum Gasteiger partial charge on any atom is 0.254 e. The highest BCUT2D eigenvalue weighted by Crippen LogP contribution is 2.38. The number of piperidine rings is 1. The minimum atomic E-state index is -0.292. The Morgan fingerprint density at radius 3 is 2.12 bits per heavy atom. The first-order chi connectivity index (χ1) is 15.5. The summed E-state index contributed by atoms with van der Waals surface area (Å²) in [5.74, 6) is -0.246. The molecule has 160 valence electrons. The molecule has 0 radical (unpaired) electrons. The van der Waals surface area contributed by atoms with E-state index in [1.165, 1.54) is 12.1 Å². The molecular weight excluding hydrogens is 401 g/mol. The largest absolute Gasteiger partial charge is 0.333 e. The van der Waals surface area contributed by atoms with Gasteiger partial charge in [0.25, 0.3) is 5.91 Å². The number of fused-ring (bicyclic) bond motifs is 2. The van der Waals surface area contributed by atoms with Crippen molar-refractivity contribution in [3.05, 3.63) is 83.7 Å². The SMILES string of the molecule is N#Cc1ccc(-c2cc(C(=O)N3C4CCC3CC(N)C4)ccc2-c2ccc(F)cc2)cc1. The van der Waals surface area contributed by atoms with Gasteiger partial charge in [0.2, 0.25) is 0 Å². The van der Waals surface area contributed by atoms with E-state index in [9.17, 15) is 9.18 Å². The van der Waals surface area contributed by atoms with Crippen LogP contribution in [0.25, 0.3) is 22.3 Å². The molecule has 2 unspecified atom stereocenters. The molecule has 2 aliphatic rings. The second-order valence-electron chi connectivity index (χ2n) is 8.79. The Hall–Kier alpha value is -3.49. The fourth-order valence-electron chi connectivity index (χ4n) is 5.22. The maximum absolute atomic E-state index is 13.5. The van der Waals surface area contributed by atoms with Crippen LogP contribution in [-0.2, 0) is 0 Å².